The van der Waals surface area contributed by atoms with Crippen LogP contribution in [0.1, 0.15) is 33.6 Å². The van der Waals surface area contributed by atoms with E-state index in [0.29, 0.717) is 12.5 Å². The van der Waals surface area contributed by atoms with Gasteiger partial charge in [-0.1, -0.05) is 0 Å². The van der Waals surface area contributed by atoms with Crippen LogP contribution >= 0.6 is 0 Å². The number of carbonyl (C=O) groups is 3. The van der Waals surface area contributed by atoms with Crippen LogP contribution in [0.3, 0.4) is 0 Å². The average Bonchev–Trinajstić information content (AvgIpc) is 2.36. The molecule has 1 amide bonds. The van der Waals surface area contributed by atoms with Crippen LogP contribution in [-0.4, -0.2) is 63.4 Å². The molecule has 1 saturated heterocycles. The fourth-order valence-corrected chi connectivity index (χ4v) is 1.98. The summed E-state index contributed by atoms with van der Waals surface area (Å²) in [7, 11) is 0. The number of hydrogen-bond acceptors (Lipinski definition) is 4. The molecule has 1 aliphatic heterocycles. The molecule has 1 rings (SSSR count). The molecule has 122 valence electrons. The first-order valence-electron chi connectivity index (χ1n) is 6.73. The van der Waals surface area contributed by atoms with E-state index < -0.39 is 18.0 Å². The lowest BCUT2D eigenvalue weighted by molar-refractivity contribution is -0.159. The van der Waals surface area contributed by atoms with E-state index in [-0.39, 0.29) is 5.54 Å². The van der Waals surface area contributed by atoms with Crippen LogP contribution in [0.4, 0.5) is 4.79 Å². The summed E-state index contributed by atoms with van der Waals surface area (Å²) in [4.78, 5) is 30.9. The first-order chi connectivity index (χ1) is 9.55. The zero-order chi connectivity index (χ0) is 16.6. The Kier molecular flexibility index (Phi) is 7.72. The Morgan fingerprint density at radius 2 is 1.67 bits per heavy atom. The van der Waals surface area contributed by atoms with Crippen LogP contribution in [0.15, 0.2) is 0 Å². The lowest BCUT2D eigenvalue weighted by atomic mass is 9.96. The molecule has 1 fully saturated rings. The van der Waals surface area contributed by atoms with Crippen molar-refractivity contribution in [2.45, 2.75) is 39.2 Å². The molecule has 21 heavy (non-hydrogen) atoms. The second kappa shape index (κ2) is 8.46. The van der Waals surface area contributed by atoms with Gasteiger partial charge in [0.15, 0.2) is 0 Å². The average molecular weight is 304 g/mol. The highest BCUT2D eigenvalue weighted by molar-refractivity contribution is 6.27. The minimum atomic E-state index is -1.82. The SMILES string of the molecule is CC(C)(C)N(C[C@@H]1CCCNC1)C(=O)O.O=C(O)C(=O)O. The van der Waals surface area contributed by atoms with E-state index in [2.05, 4.69) is 5.32 Å². The molecule has 0 aliphatic carbocycles. The van der Waals surface area contributed by atoms with E-state index in [4.69, 9.17) is 24.9 Å². The van der Waals surface area contributed by atoms with E-state index in [9.17, 15) is 4.79 Å². The van der Waals surface area contributed by atoms with Crippen molar-refractivity contribution in [3.05, 3.63) is 0 Å². The van der Waals surface area contributed by atoms with Crippen molar-refractivity contribution in [1.29, 1.82) is 0 Å². The quantitative estimate of drug-likeness (QED) is 0.558. The Morgan fingerprint density at radius 1 is 1.14 bits per heavy atom. The number of aliphatic carboxylic acids is 2. The molecule has 8 nitrogen and oxygen atoms in total. The summed E-state index contributed by atoms with van der Waals surface area (Å²) in [5, 5.41) is 27.2. The lowest BCUT2D eigenvalue weighted by Gasteiger charge is -2.37. The number of rotatable bonds is 2. The topological polar surface area (TPSA) is 127 Å². The molecule has 0 aromatic heterocycles. The van der Waals surface area contributed by atoms with Crippen molar-refractivity contribution < 1.29 is 29.7 Å². The van der Waals surface area contributed by atoms with E-state index in [0.717, 1.165) is 25.9 Å². The summed E-state index contributed by atoms with van der Waals surface area (Å²) in [5.41, 5.74) is -0.302. The number of amides is 1. The number of nitrogens with zero attached hydrogens (tertiary/aromatic N) is 1. The van der Waals surface area contributed by atoms with Gasteiger partial charge in [-0.3, -0.25) is 0 Å². The van der Waals surface area contributed by atoms with Crippen molar-refractivity contribution in [2.75, 3.05) is 19.6 Å². The Morgan fingerprint density at radius 3 is 1.95 bits per heavy atom. The van der Waals surface area contributed by atoms with Gasteiger partial charge in [0.1, 0.15) is 0 Å². The number of hydrogen-bond donors (Lipinski definition) is 4. The summed E-state index contributed by atoms with van der Waals surface area (Å²) in [6.45, 7) is 8.48. The van der Waals surface area contributed by atoms with Crippen LogP contribution in [0.25, 0.3) is 0 Å². The first kappa shape index (κ1) is 19.2. The summed E-state index contributed by atoms with van der Waals surface area (Å²) >= 11 is 0. The van der Waals surface area contributed by atoms with Crippen molar-refractivity contribution in [3.63, 3.8) is 0 Å². The Bertz CT molecular complexity index is 359. The normalized spacial score (nSPS) is 18.1. The van der Waals surface area contributed by atoms with E-state index >= 15 is 0 Å². The molecule has 0 radical (unpaired) electrons. The molecule has 1 heterocycles. The van der Waals surface area contributed by atoms with Crippen LogP contribution in [0.5, 0.6) is 0 Å². The molecule has 1 aliphatic rings. The van der Waals surface area contributed by atoms with Gasteiger partial charge in [-0.2, -0.15) is 0 Å². The molecule has 8 heteroatoms. The smallest absolute Gasteiger partial charge is 0.414 e. The molecule has 4 N–H and O–H groups in total. The highest BCUT2D eigenvalue weighted by atomic mass is 16.4. The predicted molar refractivity (Wildman–Crippen MR) is 75.3 cm³/mol. The maximum atomic E-state index is 11.1. The minimum Gasteiger partial charge on any atom is -0.473 e. The Labute approximate surface area is 123 Å². The largest absolute Gasteiger partial charge is 0.473 e. The third kappa shape index (κ3) is 8.13. The lowest BCUT2D eigenvalue weighted by Crippen LogP contribution is -2.49. The monoisotopic (exact) mass is 304 g/mol. The molecule has 0 unspecified atom stereocenters. The molecule has 0 spiro atoms. The minimum absolute atomic E-state index is 0.302. The molecular formula is C13H24N2O6. The van der Waals surface area contributed by atoms with Gasteiger partial charge in [0, 0.05) is 12.1 Å². The Balaban J connectivity index is 0.000000567. The molecule has 0 aromatic rings. The summed E-state index contributed by atoms with van der Waals surface area (Å²) in [6, 6.07) is 0. The highest BCUT2D eigenvalue weighted by Crippen LogP contribution is 2.19. The third-order valence-electron chi connectivity index (χ3n) is 3.06. The number of carboxylic acid groups (broad SMARTS) is 3. The van der Waals surface area contributed by atoms with Gasteiger partial charge in [0.2, 0.25) is 0 Å². The number of nitrogens with one attached hydrogen (secondary N) is 1. The van der Waals surface area contributed by atoms with E-state index in [1.807, 2.05) is 20.8 Å². The maximum Gasteiger partial charge on any atom is 0.414 e. The summed E-state index contributed by atoms with van der Waals surface area (Å²) in [5.74, 6) is -3.18. The van der Waals surface area contributed by atoms with Gasteiger partial charge in [-0.15, -0.1) is 0 Å². The van der Waals surface area contributed by atoms with Gasteiger partial charge in [-0.25, -0.2) is 14.4 Å². The van der Waals surface area contributed by atoms with E-state index in [1.165, 1.54) is 0 Å². The van der Waals surface area contributed by atoms with Crippen LogP contribution < -0.4 is 5.32 Å². The van der Waals surface area contributed by atoms with Gasteiger partial charge in [0.25, 0.3) is 0 Å². The summed E-state index contributed by atoms with van der Waals surface area (Å²) in [6.07, 6.45) is 1.47. The zero-order valence-corrected chi connectivity index (χ0v) is 12.6. The van der Waals surface area contributed by atoms with Crippen molar-refractivity contribution >= 4 is 18.0 Å². The zero-order valence-electron chi connectivity index (χ0n) is 12.6. The maximum absolute atomic E-state index is 11.1. The van der Waals surface area contributed by atoms with Gasteiger partial charge < -0.3 is 25.5 Å². The fraction of sp³-hybridized carbons (Fsp3) is 0.769. The van der Waals surface area contributed by atoms with Gasteiger partial charge >= 0.3 is 18.0 Å². The summed E-state index contributed by atoms with van der Waals surface area (Å²) < 4.78 is 0. The standard InChI is InChI=1S/C11H22N2O2.C2H2O4/c1-11(2,3)13(10(14)15)8-9-5-4-6-12-7-9;3-1(4)2(5)6/h9,12H,4-8H2,1-3H3,(H,14,15);(H,3,4)(H,5,6)/t9-;/m1./s1. The van der Waals surface area contributed by atoms with E-state index in [1.54, 1.807) is 4.90 Å². The molecule has 0 saturated carbocycles. The van der Waals surface area contributed by atoms with Crippen LogP contribution in [0.2, 0.25) is 0 Å². The first-order valence-corrected chi connectivity index (χ1v) is 6.73. The van der Waals surface area contributed by atoms with Gasteiger partial charge in [-0.05, 0) is 52.6 Å². The fourth-order valence-electron chi connectivity index (χ4n) is 1.98. The van der Waals surface area contributed by atoms with Crippen LogP contribution in [-0.2, 0) is 9.59 Å². The highest BCUT2D eigenvalue weighted by Gasteiger charge is 2.29. The second-order valence-electron chi connectivity index (χ2n) is 5.89. The molecule has 0 bridgehead atoms. The second-order valence-corrected chi connectivity index (χ2v) is 5.89. The van der Waals surface area contributed by atoms with Crippen molar-refractivity contribution in [1.82, 2.24) is 10.2 Å². The number of carboxylic acids is 2. The van der Waals surface area contributed by atoms with Crippen molar-refractivity contribution in [2.24, 2.45) is 5.92 Å². The number of piperidine rings is 1. The van der Waals surface area contributed by atoms with Crippen molar-refractivity contribution in [3.8, 4) is 0 Å². The molecule has 0 aromatic carbocycles. The Hall–Kier alpha value is -1.83. The molecule has 1 atom stereocenters. The predicted octanol–water partition coefficient (Wildman–Crippen LogP) is 0.920. The molecular weight excluding hydrogens is 280 g/mol. The van der Waals surface area contributed by atoms with Gasteiger partial charge in [0.05, 0.1) is 0 Å². The third-order valence-corrected chi connectivity index (χ3v) is 3.06. The van der Waals surface area contributed by atoms with Crippen LogP contribution in [0, 0.1) is 5.92 Å².